The first kappa shape index (κ1) is 20.7. The zero-order valence-corrected chi connectivity index (χ0v) is 17.4. The third kappa shape index (κ3) is 5.51. The van der Waals surface area contributed by atoms with E-state index in [1.54, 1.807) is 6.07 Å². The Hall–Kier alpha value is -2.00. The molecule has 0 bridgehead atoms. The number of aromatic hydroxyl groups is 1. The summed E-state index contributed by atoms with van der Waals surface area (Å²) in [5.74, 6) is 1.40. The van der Waals surface area contributed by atoms with Gasteiger partial charge in [-0.3, -0.25) is 0 Å². The maximum absolute atomic E-state index is 10.7. The molecule has 1 saturated heterocycles. The maximum atomic E-state index is 10.7. The number of rotatable bonds is 9. The minimum atomic E-state index is 0.172. The van der Waals surface area contributed by atoms with Gasteiger partial charge in [-0.15, -0.1) is 0 Å². The Bertz CT molecular complexity index is 716. The summed E-state index contributed by atoms with van der Waals surface area (Å²) >= 11 is 0. The third-order valence-electron chi connectivity index (χ3n) is 6.02. The number of hydrogen-bond donors (Lipinski definition) is 1. The minimum Gasteiger partial charge on any atom is -0.508 e. The lowest BCUT2D eigenvalue weighted by Crippen LogP contribution is -2.37. The van der Waals surface area contributed by atoms with Gasteiger partial charge in [-0.05, 0) is 63.0 Å². The van der Waals surface area contributed by atoms with Gasteiger partial charge in [-0.25, -0.2) is 0 Å². The molecule has 3 rings (SSSR count). The van der Waals surface area contributed by atoms with E-state index in [2.05, 4.69) is 55.3 Å². The van der Waals surface area contributed by atoms with Crippen molar-refractivity contribution >= 4 is 0 Å². The molecule has 2 atom stereocenters. The Morgan fingerprint density at radius 2 is 1.93 bits per heavy atom. The molecule has 0 saturated carbocycles. The van der Waals surface area contributed by atoms with Crippen LogP contribution in [0.15, 0.2) is 48.5 Å². The summed E-state index contributed by atoms with van der Waals surface area (Å²) in [4.78, 5) is 2.49. The van der Waals surface area contributed by atoms with E-state index < -0.39 is 0 Å². The lowest BCUT2D eigenvalue weighted by Gasteiger charge is -2.35. The Morgan fingerprint density at radius 3 is 2.68 bits per heavy atom. The number of benzene rings is 2. The summed E-state index contributed by atoms with van der Waals surface area (Å²) in [6, 6.07) is 16.9. The van der Waals surface area contributed by atoms with E-state index in [-0.39, 0.29) is 5.92 Å². The van der Waals surface area contributed by atoms with Crippen LogP contribution in [0.4, 0.5) is 0 Å². The molecule has 3 nitrogen and oxygen atoms in total. The maximum Gasteiger partial charge on any atom is 0.119 e. The second-order valence-electron chi connectivity index (χ2n) is 8.11. The first-order chi connectivity index (χ1) is 13.7. The molecule has 0 aromatic heterocycles. The quantitative estimate of drug-likeness (QED) is 0.543. The van der Waals surface area contributed by atoms with Gasteiger partial charge in [0.15, 0.2) is 0 Å². The summed E-state index contributed by atoms with van der Waals surface area (Å²) in [5, 5.41) is 10.7. The van der Waals surface area contributed by atoms with Crippen LogP contribution in [0.5, 0.6) is 11.5 Å². The lowest BCUT2D eigenvalue weighted by atomic mass is 9.83. The van der Waals surface area contributed by atoms with Gasteiger partial charge in [-0.1, -0.05) is 56.5 Å². The van der Waals surface area contributed by atoms with Crippen molar-refractivity contribution in [1.29, 1.82) is 0 Å². The first-order valence-corrected chi connectivity index (χ1v) is 10.9. The highest BCUT2D eigenvalue weighted by Crippen LogP contribution is 2.39. The first-order valence-electron chi connectivity index (χ1n) is 10.9. The molecular formula is C25H35NO2. The highest BCUT2D eigenvalue weighted by molar-refractivity contribution is 5.46. The SMILES string of the molecule is CCCCCOc1ccc(O)c(C(CC2CCCCN2C)c2ccccc2)c1. The van der Waals surface area contributed by atoms with Crippen LogP contribution in [0.2, 0.25) is 0 Å². The predicted molar refractivity (Wildman–Crippen MR) is 116 cm³/mol. The Labute approximate surface area is 170 Å². The summed E-state index contributed by atoms with van der Waals surface area (Å²) in [6.07, 6.45) is 8.28. The van der Waals surface area contributed by atoms with Crippen molar-refractivity contribution in [2.75, 3.05) is 20.2 Å². The zero-order valence-electron chi connectivity index (χ0n) is 17.4. The standard InChI is InChI=1S/C25H35NO2/c1-3-4-10-17-28-22-14-15-25(27)24(19-22)23(20-11-6-5-7-12-20)18-21-13-8-9-16-26(21)2/h5-7,11-12,14-15,19,21,23,27H,3-4,8-10,13,16-18H2,1-2H3. The monoisotopic (exact) mass is 381 g/mol. The molecule has 1 N–H and O–H groups in total. The van der Waals surface area contributed by atoms with E-state index in [0.29, 0.717) is 11.8 Å². The van der Waals surface area contributed by atoms with Gasteiger partial charge in [0.1, 0.15) is 11.5 Å². The van der Waals surface area contributed by atoms with Gasteiger partial charge < -0.3 is 14.7 Å². The highest BCUT2D eigenvalue weighted by atomic mass is 16.5. The molecule has 2 unspecified atom stereocenters. The molecule has 2 aromatic carbocycles. The van der Waals surface area contributed by atoms with Crippen molar-refractivity contribution in [2.45, 2.75) is 63.8 Å². The van der Waals surface area contributed by atoms with Crippen molar-refractivity contribution in [2.24, 2.45) is 0 Å². The average Bonchev–Trinajstić information content (AvgIpc) is 2.73. The van der Waals surface area contributed by atoms with Crippen LogP contribution in [-0.2, 0) is 0 Å². The Morgan fingerprint density at radius 1 is 1.11 bits per heavy atom. The van der Waals surface area contributed by atoms with Crippen molar-refractivity contribution in [3.8, 4) is 11.5 Å². The molecule has 1 aliphatic rings. The largest absolute Gasteiger partial charge is 0.508 e. The van der Waals surface area contributed by atoms with Gasteiger partial charge in [0.25, 0.3) is 0 Å². The zero-order chi connectivity index (χ0) is 19.8. The number of phenolic OH excluding ortho intramolecular Hbond substituents is 1. The minimum absolute atomic E-state index is 0.172. The summed E-state index contributed by atoms with van der Waals surface area (Å²) in [5.41, 5.74) is 2.25. The predicted octanol–water partition coefficient (Wildman–Crippen LogP) is 5.97. The number of hydrogen-bond acceptors (Lipinski definition) is 3. The van der Waals surface area contributed by atoms with Gasteiger partial charge in [0.05, 0.1) is 6.61 Å². The average molecular weight is 382 g/mol. The van der Waals surface area contributed by atoms with E-state index in [9.17, 15) is 5.11 Å². The normalized spacial score (nSPS) is 18.7. The molecule has 0 aliphatic carbocycles. The molecule has 2 aromatic rings. The van der Waals surface area contributed by atoms with E-state index in [1.807, 2.05) is 6.07 Å². The summed E-state index contributed by atoms with van der Waals surface area (Å²) in [7, 11) is 2.24. The summed E-state index contributed by atoms with van der Waals surface area (Å²) < 4.78 is 5.98. The fourth-order valence-electron chi connectivity index (χ4n) is 4.29. The van der Waals surface area contributed by atoms with E-state index in [1.165, 1.54) is 44.2 Å². The van der Waals surface area contributed by atoms with Crippen molar-refractivity contribution in [3.05, 3.63) is 59.7 Å². The van der Waals surface area contributed by atoms with Crippen LogP contribution in [0, 0.1) is 0 Å². The van der Waals surface area contributed by atoms with Gasteiger partial charge in [0, 0.05) is 17.5 Å². The number of unbranched alkanes of at least 4 members (excludes halogenated alkanes) is 2. The molecule has 1 aliphatic heterocycles. The topological polar surface area (TPSA) is 32.7 Å². The van der Waals surface area contributed by atoms with E-state index >= 15 is 0 Å². The van der Waals surface area contributed by atoms with Crippen molar-refractivity contribution < 1.29 is 9.84 Å². The van der Waals surface area contributed by atoms with Crippen LogP contribution >= 0.6 is 0 Å². The molecule has 0 amide bonds. The third-order valence-corrected chi connectivity index (χ3v) is 6.02. The molecule has 28 heavy (non-hydrogen) atoms. The lowest BCUT2D eigenvalue weighted by molar-refractivity contribution is 0.171. The molecule has 0 spiro atoms. The molecule has 152 valence electrons. The van der Waals surface area contributed by atoms with Crippen molar-refractivity contribution in [3.63, 3.8) is 0 Å². The number of piperidine rings is 1. The second kappa shape index (κ2) is 10.5. The van der Waals surface area contributed by atoms with Crippen molar-refractivity contribution in [1.82, 2.24) is 4.90 Å². The fraction of sp³-hybridized carbons (Fsp3) is 0.520. The van der Waals surface area contributed by atoms with E-state index in [4.69, 9.17) is 4.74 Å². The number of nitrogens with zero attached hydrogens (tertiary/aromatic N) is 1. The molecular weight excluding hydrogens is 346 g/mol. The van der Waals surface area contributed by atoms with Crippen LogP contribution < -0.4 is 4.74 Å². The van der Waals surface area contributed by atoms with Crippen LogP contribution in [0.1, 0.15) is 68.9 Å². The van der Waals surface area contributed by atoms with Gasteiger partial charge >= 0.3 is 0 Å². The second-order valence-corrected chi connectivity index (χ2v) is 8.11. The molecule has 3 heteroatoms. The Kier molecular flexibility index (Phi) is 7.79. The Balaban J connectivity index is 1.84. The smallest absolute Gasteiger partial charge is 0.119 e. The van der Waals surface area contributed by atoms with Gasteiger partial charge in [-0.2, -0.15) is 0 Å². The van der Waals surface area contributed by atoms with Crippen LogP contribution in [-0.4, -0.2) is 36.2 Å². The van der Waals surface area contributed by atoms with Gasteiger partial charge in [0.2, 0.25) is 0 Å². The molecule has 1 fully saturated rings. The van der Waals surface area contributed by atoms with Crippen LogP contribution in [0.25, 0.3) is 0 Å². The number of ether oxygens (including phenoxy) is 1. The fourth-order valence-corrected chi connectivity index (χ4v) is 4.29. The summed E-state index contributed by atoms with van der Waals surface area (Å²) in [6.45, 7) is 4.10. The number of phenols is 1. The molecule has 1 heterocycles. The number of likely N-dealkylation sites (tertiary alicyclic amines) is 1. The van der Waals surface area contributed by atoms with Crippen LogP contribution in [0.3, 0.4) is 0 Å². The van der Waals surface area contributed by atoms with E-state index in [0.717, 1.165) is 30.8 Å². The highest BCUT2D eigenvalue weighted by Gasteiger charge is 2.26. The molecule has 0 radical (unpaired) electrons.